The Labute approximate surface area is 155 Å². The number of para-hydroxylation sites is 1. The molecule has 0 amide bonds. The predicted octanol–water partition coefficient (Wildman–Crippen LogP) is 2.83. The molecule has 142 valence electrons. The number of fused-ring (bicyclic) bond motifs is 1. The van der Waals surface area contributed by atoms with Crippen LogP contribution in [0.2, 0.25) is 0 Å². The minimum absolute atomic E-state index is 0.0238. The molecule has 0 unspecified atom stereocenters. The van der Waals surface area contributed by atoms with Crippen molar-refractivity contribution in [2.75, 3.05) is 5.32 Å². The minimum Gasteiger partial charge on any atom is -0.448 e. The molecule has 0 fully saturated rings. The quantitative estimate of drug-likeness (QED) is 0.716. The van der Waals surface area contributed by atoms with Crippen molar-refractivity contribution >= 4 is 17.0 Å². The van der Waals surface area contributed by atoms with Gasteiger partial charge in [0.15, 0.2) is 17.3 Å². The number of rotatable bonds is 5. The van der Waals surface area contributed by atoms with Crippen LogP contribution in [0.1, 0.15) is 20.8 Å². The van der Waals surface area contributed by atoms with Crippen LogP contribution in [0.15, 0.2) is 41.3 Å². The number of aromatic nitrogens is 3. The van der Waals surface area contributed by atoms with Crippen LogP contribution in [-0.4, -0.2) is 31.3 Å². The normalized spacial score (nSPS) is 12.8. The summed E-state index contributed by atoms with van der Waals surface area (Å²) >= 11 is 0. The van der Waals surface area contributed by atoms with Gasteiger partial charge in [-0.05, 0) is 39.0 Å². The molecule has 1 atom stereocenters. The van der Waals surface area contributed by atoms with Gasteiger partial charge in [0, 0.05) is 18.6 Å². The number of hydrogen-bond donors (Lipinski definition) is 2. The number of halogens is 1. The summed E-state index contributed by atoms with van der Waals surface area (Å²) in [5.41, 5.74) is -1.03. The Morgan fingerprint density at radius 1 is 1.30 bits per heavy atom. The highest BCUT2D eigenvalue weighted by Crippen LogP contribution is 2.24. The topological polar surface area (TPSA) is 89.3 Å². The Morgan fingerprint density at radius 2 is 2.00 bits per heavy atom. The first-order chi connectivity index (χ1) is 12.7. The van der Waals surface area contributed by atoms with Gasteiger partial charge in [-0.1, -0.05) is 12.1 Å². The van der Waals surface area contributed by atoms with Gasteiger partial charge in [-0.15, -0.1) is 0 Å². The first-order valence-electron chi connectivity index (χ1n) is 8.45. The Balaban J connectivity index is 1.99. The van der Waals surface area contributed by atoms with E-state index in [9.17, 15) is 14.3 Å². The fourth-order valence-corrected chi connectivity index (χ4v) is 2.38. The molecule has 2 aromatic heterocycles. The lowest BCUT2D eigenvalue weighted by molar-refractivity contribution is 0.0646. The van der Waals surface area contributed by atoms with Gasteiger partial charge in [0.2, 0.25) is 5.95 Å². The lowest BCUT2D eigenvalue weighted by atomic mass is 10.0. The van der Waals surface area contributed by atoms with Crippen molar-refractivity contribution < 1.29 is 14.2 Å². The Bertz CT molecular complexity index is 1040. The van der Waals surface area contributed by atoms with E-state index in [1.165, 1.54) is 35.0 Å². The van der Waals surface area contributed by atoms with Gasteiger partial charge in [0.1, 0.15) is 5.65 Å². The molecule has 3 rings (SSSR count). The largest absolute Gasteiger partial charge is 0.448 e. The molecule has 0 aliphatic rings. The van der Waals surface area contributed by atoms with Crippen molar-refractivity contribution in [3.63, 3.8) is 0 Å². The second-order valence-corrected chi connectivity index (χ2v) is 6.90. The van der Waals surface area contributed by atoms with Crippen LogP contribution in [0, 0.1) is 5.82 Å². The van der Waals surface area contributed by atoms with Crippen LogP contribution in [0.25, 0.3) is 11.0 Å². The van der Waals surface area contributed by atoms with Gasteiger partial charge < -0.3 is 15.2 Å². The van der Waals surface area contributed by atoms with E-state index in [1.807, 2.05) is 0 Å². The SMILES string of the molecule is C[C@H](Nc1ncc2cc(Oc3ccccc3F)c(=O)n(C)c2n1)C(C)(C)O. The molecule has 8 heteroatoms. The van der Waals surface area contributed by atoms with Crippen molar-refractivity contribution in [2.45, 2.75) is 32.4 Å². The van der Waals surface area contributed by atoms with Crippen LogP contribution in [0.3, 0.4) is 0 Å². The van der Waals surface area contributed by atoms with Crippen molar-refractivity contribution in [3.8, 4) is 11.5 Å². The number of nitrogens with one attached hydrogen (secondary N) is 1. The molecule has 0 saturated carbocycles. The van der Waals surface area contributed by atoms with Gasteiger partial charge in [-0.25, -0.2) is 9.37 Å². The molecule has 0 aliphatic carbocycles. The molecule has 3 aromatic rings. The third kappa shape index (κ3) is 3.90. The third-order valence-electron chi connectivity index (χ3n) is 4.38. The van der Waals surface area contributed by atoms with E-state index in [-0.39, 0.29) is 23.5 Å². The van der Waals surface area contributed by atoms with Crippen LogP contribution in [0.5, 0.6) is 11.5 Å². The molecular formula is C19H21FN4O3. The highest BCUT2D eigenvalue weighted by Gasteiger charge is 2.23. The van der Waals surface area contributed by atoms with Gasteiger partial charge in [0.25, 0.3) is 5.56 Å². The molecule has 0 saturated heterocycles. The fourth-order valence-electron chi connectivity index (χ4n) is 2.38. The second kappa shape index (κ2) is 6.96. The van der Waals surface area contributed by atoms with E-state index in [1.54, 1.807) is 33.9 Å². The number of nitrogens with zero attached hydrogens (tertiary/aromatic N) is 3. The number of anilines is 1. The number of aliphatic hydroxyl groups is 1. The Morgan fingerprint density at radius 3 is 2.67 bits per heavy atom. The van der Waals surface area contributed by atoms with Crippen LogP contribution in [-0.2, 0) is 7.05 Å². The van der Waals surface area contributed by atoms with Gasteiger partial charge in [-0.3, -0.25) is 9.36 Å². The zero-order chi connectivity index (χ0) is 19.8. The average molecular weight is 372 g/mol. The van der Waals surface area contributed by atoms with Crippen molar-refractivity contribution in [1.82, 2.24) is 14.5 Å². The zero-order valence-corrected chi connectivity index (χ0v) is 15.5. The lowest BCUT2D eigenvalue weighted by Gasteiger charge is -2.26. The standard InChI is InChI=1S/C19H21FN4O3/c1-11(19(2,3)26)22-18-21-10-12-9-15(17(25)24(4)16(12)23-18)27-14-8-6-5-7-13(14)20/h5-11,26H,1-4H3,(H,21,22,23)/t11-/m0/s1. The third-order valence-corrected chi connectivity index (χ3v) is 4.38. The summed E-state index contributed by atoms with van der Waals surface area (Å²) in [6.07, 6.45) is 1.54. The molecule has 7 nitrogen and oxygen atoms in total. The molecule has 2 N–H and O–H groups in total. The number of pyridine rings is 1. The van der Waals surface area contributed by atoms with Crippen LogP contribution < -0.4 is 15.6 Å². The highest BCUT2D eigenvalue weighted by molar-refractivity contribution is 5.76. The predicted molar refractivity (Wildman–Crippen MR) is 101 cm³/mol. The van der Waals surface area contributed by atoms with E-state index in [0.29, 0.717) is 11.0 Å². The Hall–Kier alpha value is -3.00. The van der Waals surface area contributed by atoms with Crippen molar-refractivity contribution in [3.05, 3.63) is 52.7 Å². The number of ether oxygens (including phenoxy) is 1. The molecule has 2 heterocycles. The smallest absolute Gasteiger partial charge is 0.294 e. The Kier molecular flexibility index (Phi) is 4.84. The van der Waals surface area contributed by atoms with E-state index < -0.39 is 17.0 Å². The average Bonchev–Trinajstić information content (AvgIpc) is 2.61. The van der Waals surface area contributed by atoms with Crippen molar-refractivity contribution in [1.29, 1.82) is 0 Å². The van der Waals surface area contributed by atoms with E-state index in [0.717, 1.165) is 0 Å². The number of aryl methyl sites for hydroxylation is 1. The summed E-state index contributed by atoms with van der Waals surface area (Å²) in [7, 11) is 1.55. The second-order valence-electron chi connectivity index (χ2n) is 6.90. The molecule has 1 aromatic carbocycles. The van der Waals surface area contributed by atoms with Crippen LogP contribution in [0.4, 0.5) is 10.3 Å². The maximum atomic E-state index is 13.8. The first kappa shape index (κ1) is 18.8. The maximum Gasteiger partial charge on any atom is 0.294 e. The zero-order valence-electron chi connectivity index (χ0n) is 15.5. The van der Waals surface area contributed by atoms with E-state index in [2.05, 4.69) is 15.3 Å². The van der Waals surface area contributed by atoms with Gasteiger partial charge in [-0.2, -0.15) is 4.98 Å². The molecule has 0 spiro atoms. The molecule has 0 aliphatic heterocycles. The summed E-state index contributed by atoms with van der Waals surface area (Å²) in [4.78, 5) is 21.2. The molecular weight excluding hydrogens is 351 g/mol. The van der Waals surface area contributed by atoms with Crippen LogP contribution >= 0.6 is 0 Å². The fraction of sp³-hybridized carbons (Fsp3) is 0.316. The van der Waals surface area contributed by atoms with Gasteiger partial charge in [0.05, 0.1) is 11.6 Å². The maximum absolute atomic E-state index is 13.8. The van der Waals surface area contributed by atoms with E-state index in [4.69, 9.17) is 4.74 Å². The lowest BCUT2D eigenvalue weighted by Crippen LogP contribution is -2.39. The summed E-state index contributed by atoms with van der Waals surface area (Å²) in [5.74, 6) is -0.331. The monoisotopic (exact) mass is 372 g/mol. The number of hydrogen-bond acceptors (Lipinski definition) is 6. The highest BCUT2D eigenvalue weighted by atomic mass is 19.1. The van der Waals surface area contributed by atoms with Gasteiger partial charge >= 0.3 is 0 Å². The summed E-state index contributed by atoms with van der Waals surface area (Å²) in [6.45, 7) is 5.15. The summed E-state index contributed by atoms with van der Waals surface area (Å²) in [6, 6.07) is 7.03. The molecule has 27 heavy (non-hydrogen) atoms. The first-order valence-corrected chi connectivity index (χ1v) is 8.45. The summed E-state index contributed by atoms with van der Waals surface area (Å²) in [5, 5.41) is 13.6. The van der Waals surface area contributed by atoms with Crippen molar-refractivity contribution in [2.24, 2.45) is 7.05 Å². The molecule has 0 radical (unpaired) electrons. The minimum atomic E-state index is -0.971. The number of benzene rings is 1. The molecule has 0 bridgehead atoms. The summed E-state index contributed by atoms with van der Waals surface area (Å²) < 4.78 is 20.6. The van der Waals surface area contributed by atoms with E-state index >= 15 is 0 Å².